The lowest BCUT2D eigenvalue weighted by Crippen LogP contribution is -2.07. The third kappa shape index (κ3) is 3.28. The maximum atomic E-state index is 13.8. The Balaban J connectivity index is 1.99. The summed E-state index contributed by atoms with van der Waals surface area (Å²) in [7, 11) is 0. The van der Waals surface area contributed by atoms with E-state index in [1.54, 1.807) is 24.3 Å². The molecular weight excluding hydrogens is 380 g/mol. The van der Waals surface area contributed by atoms with Crippen molar-refractivity contribution in [3.8, 4) is 0 Å². The third-order valence-electron chi connectivity index (χ3n) is 3.75. The standard InChI is InChI=1S/C18H12BrF2NO2/c19-12-6-4-11-8-13(18(23)24)15(22-16(11)9-12)7-5-10-2-1-3-14(20)17(10)21/h1-4,6,8-9H,5,7H2,(H,23,24). The van der Waals surface area contributed by atoms with Crippen molar-refractivity contribution in [1.29, 1.82) is 0 Å². The number of fused-ring (bicyclic) bond motifs is 1. The van der Waals surface area contributed by atoms with Crippen LogP contribution in [0.4, 0.5) is 8.78 Å². The van der Waals surface area contributed by atoms with Crippen molar-refractivity contribution in [2.24, 2.45) is 0 Å². The zero-order chi connectivity index (χ0) is 17.3. The molecule has 0 saturated heterocycles. The Labute approximate surface area is 145 Å². The molecule has 1 N–H and O–H groups in total. The van der Waals surface area contributed by atoms with E-state index in [2.05, 4.69) is 20.9 Å². The summed E-state index contributed by atoms with van der Waals surface area (Å²) in [4.78, 5) is 15.9. The molecule has 1 aromatic heterocycles. The monoisotopic (exact) mass is 391 g/mol. The number of benzene rings is 2. The normalized spacial score (nSPS) is 11.0. The van der Waals surface area contributed by atoms with Gasteiger partial charge in [-0.15, -0.1) is 0 Å². The Hall–Kier alpha value is -2.34. The van der Waals surface area contributed by atoms with Crippen LogP contribution in [0.5, 0.6) is 0 Å². The van der Waals surface area contributed by atoms with Gasteiger partial charge in [0, 0.05) is 9.86 Å². The van der Waals surface area contributed by atoms with Gasteiger partial charge in [0.25, 0.3) is 0 Å². The van der Waals surface area contributed by atoms with Gasteiger partial charge in [0.1, 0.15) is 0 Å². The number of hydrogen-bond acceptors (Lipinski definition) is 2. The minimum atomic E-state index is -1.10. The second-order valence-corrected chi connectivity index (χ2v) is 6.25. The van der Waals surface area contributed by atoms with E-state index in [9.17, 15) is 18.7 Å². The van der Waals surface area contributed by atoms with Crippen molar-refractivity contribution in [2.45, 2.75) is 12.8 Å². The average Bonchev–Trinajstić information content (AvgIpc) is 2.55. The van der Waals surface area contributed by atoms with E-state index in [-0.39, 0.29) is 24.0 Å². The van der Waals surface area contributed by atoms with Crippen molar-refractivity contribution >= 4 is 32.8 Å². The van der Waals surface area contributed by atoms with Crippen LogP contribution in [0, 0.1) is 11.6 Å². The fourth-order valence-electron chi connectivity index (χ4n) is 2.55. The number of pyridine rings is 1. The van der Waals surface area contributed by atoms with Crippen molar-refractivity contribution in [2.75, 3.05) is 0 Å². The molecule has 0 atom stereocenters. The summed E-state index contributed by atoms with van der Waals surface area (Å²) >= 11 is 3.35. The van der Waals surface area contributed by atoms with Gasteiger partial charge in [0.15, 0.2) is 11.6 Å². The van der Waals surface area contributed by atoms with Crippen molar-refractivity contribution < 1.29 is 18.7 Å². The average molecular weight is 392 g/mol. The zero-order valence-electron chi connectivity index (χ0n) is 12.4. The van der Waals surface area contributed by atoms with Crippen LogP contribution in [-0.2, 0) is 12.8 Å². The van der Waals surface area contributed by atoms with Gasteiger partial charge in [-0.05, 0) is 42.7 Å². The topological polar surface area (TPSA) is 50.2 Å². The van der Waals surface area contributed by atoms with E-state index >= 15 is 0 Å². The molecule has 0 amide bonds. The number of rotatable bonds is 4. The molecular formula is C18H12BrF2NO2. The summed E-state index contributed by atoms with van der Waals surface area (Å²) in [6.07, 6.45) is 0.362. The molecule has 0 saturated carbocycles. The number of hydrogen-bond donors (Lipinski definition) is 1. The van der Waals surface area contributed by atoms with Crippen molar-refractivity contribution in [3.05, 3.63) is 75.4 Å². The highest BCUT2D eigenvalue weighted by Crippen LogP contribution is 2.23. The lowest BCUT2D eigenvalue weighted by atomic mass is 10.0. The molecule has 3 aromatic rings. The number of halogens is 3. The van der Waals surface area contributed by atoms with Gasteiger partial charge in [-0.1, -0.05) is 34.1 Å². The molecule has 122 valence electrons. The van der Waals surface area contributed by atoms with Gasteiger partial charge in [0.05, 0.1) is 16.8 Å². The van der Waals surface area contributed by atoms with E-state index in [0.29, 0.717) is 16.6 Å². The van der Waals surface area contributed by atoms with Crippen LogP contribution in [0.2, 0.25) is 0 Å². The quantitative estimate of drug-likeness (QED) is 0.697. The molecule has 0 radical (unpaired) electrons. The first-order valence-corrected chi connectivity index (χ1v) is 8.00. The molecule has 1 heterocycles. The first-order valence-electron chi connectivity index (χ1n) is 7.21. The number of carboxylic acids is 1. The second kappa shape index (κ2) is 6.65. The molecule has 2 aromatic carbocycles. The minimum absolute atomic E-state index is 0.0710. The van der Waals surface area contributed by atoms with Crippen molar-refractivity contribution in [3.63, 3.8) is 0 Å². The van der Waals surface area contributed by atoms with E-state index in [1.807, 2.05) is 0 Å². The summed E-state index contributed by atoms with van der Waals surface area (Å²) in [5.74, 6) is -2.92. The number of aryl methyl sites for hydroxylation is 2. The van der Waals surface area contributed by atoms with Crippen molar-refractivity contribution in [1.82, 2.24) is 4.98 Å². The Morgan fingerprint density at radius 2 is 1.92 bits per heavy atom. The van der Waals surface area contributed by atoms with Gasteiger partial charge >= 0.3 is 5.97 Å². The largest absolute Gasteiger partial charge is 0.478 e. The van der Waals surface area contributed by atoms with Gasteiger partial charge in [-0.25, -0.2) is 13.6 Å². The second-order valence-electron chi connectivity index (χ2n) is 5.34. The smallest absolute Gasteiger partial charge is 0.337 e. The Morgan fingerprint density at radius 3 is 2.67 bits per heavy atom. The fraction of sp³-hybridized carbons (Fsp3) is 0.111. The van der Waals surface area contributed by atoms with Crippen LogP contribution < -0.4 is 0 Å². The highest BCUT2D eigenvalue weighted by Gasteiger charge is 2.15. The van der Waals surface area contributed by atoms with Crippen LogP contribution >= 0.6 is 15.9 Å². The van der Waals surface area contributed by atoms with E-state index in [1.165, 1.54) is 12.1 Å². The van der Waals surface area contributed by atoms with Gasteiger partial charge in [-0.2, -0.15) is 0 Å². The third-order valence-corrected chi connectivity index (χ3v) is 4.25. The van der Waals surface area contributed by atoms with Crippen LogP contribution in [0.15, 0.2) is 46.9 Å². The summed E-state index contributed by atoms with van der Waals surface area (Å²) in [6, 6.07) is 10.9. The van der Waals surface area contributed by atoms with Crippen LogP contribution in [0.25, 0.3) is 10.9 Å². The van der Waals surface area contributed by atoms with E-state index < -0.39 is 17.6 Å². The molecule has 6 heteroatoms. The molecule has 3 nitrogen and oxygen atoms in total. The predicted octanol–water partition coefficient (Wildman–Crippen LogP) is 4.76. The first-order chi connectivity index (χ1) is 11.5. The molecule has 0 aliphatic carbocycles. The lowest BCUT2D eigenvalue weighted by molar-refractivity contribution is 0.0695. The molecule has 0 aliphatic heterocycles. The zero-order valence-corrected chi connectivity index (χ0v) is 14.0. The van der Waals surface area contributed by atoms with Gasteiger partial charge < -0.3 is 5.11 Å². The number of nitrogens with zero attached hydrogens (tertiary/aromatic N) is 1. The summed E-state index contributed by atoms with van der Waals surface area (Å²) in [6.45, 7) is 0. The molecule has 3 rings (SSSR count). The highest BCUT2D eigenvalue weighted by molar-refractivity contribution is 9.10. The maximum absolute atomic E-state index is 13.8. The molecule has 0 unspecified atom stereocenters. The molecule has 0 aliphatic rings. The number of carbonyl (C=O) groups is 1. The summed E-state index contributed by atoms with van der Waals surface area (Å²) < 4.78 is 27.9. The molecule has 0 spiro atoms. The first kappa shape index (κ1) is 16.5. The fourth-order valence-corrected chi connectivity index (χ4v) is 2.90. The summed E-state index contributed by atoms with van der Waals surface area (Å²) in [5, 5.41) is 10.1. The molecule has 0 bridgehead atoms. The van der Waals surface area contributed by atoms with Crippen LogP contribution in [0.3, 0.4) is 0 Å². The Morgan fingerprint density at radius 1 is 1.12 bits per heavy atom. The lowest BCUT2D eigenvalue weighted by Gasteiger charge is -2.09. The number of carboxylic acid groups (broad SMARTS) is 1. The number of aromatic nitrogens is 1. The van der Waals surface area contributed by atoms with E-state index in [4.69, 9.17) is 0 Å². The molecule has 24 heavy (non-hydrogen) atoms. The Kier molecular flexibility index (Phi) is 4.57. The minimum Gasteiger partial charge on any atom is -0.478 e. The summed E-state index contributed by atoms with van der Waals surface area (Å²) in [5.41, 5.74) is 1.25. The van der Waals surface area contributed by atoms with Gasteiger partial charge in [-0.3, -0.25) is 4.98 Å². The Bertz CT molecular complexity index is 944. The number of aromatic carboxylic acids is 1. The van der Waals surface area contributed by atoms with Crippen LogP contribution in [-0.4, -0.2) is 16.1 Å². The maximum Gasteiger partial charge on any atom is 0.337 e. The van der Waals surface area contributed by atoms with Gasteiger partial charge in [0.2, 0.25) is 0 Å². The SMILES string of the molecule is O=C(O)c1cc2ccc(Br)cc2nc1CCc1cccc(F)c1F. The van der Waals surface area contributed by atoms with Crippen LogP contribution in [0.1, 0.15) is 21.6 Å². The molecule has 0 fully saturated rings. The van der Waals surface area contributed by atoms with E-state index in [0.717, 1.165) is 10.5 Å². The highest BCUT2D eigenvalue weighted by atomic mass is 79.9. The predicted molar refractivity (Wildman–Crippen MR) is 90.2 cm³/mol.